The van der Waals surface area contributed by atoms with E-state index in [0.29, 0.717) is 6.42 Å². The van der Waals surface area contributed by atoms with Crippen molar-refractivity contribution in [3.63, 3.8) is 0 Å². The third-order valence-electron chi connectivity index (χ3n) is 3.34. The lowest BCUT2D eigenvalue weighted by atomic mass is 10.0. The van der Waals surface area contributed by atoms with Crippen LogP contribution in [0.5, 0.6) is 0 Å². The van der Waals surface area contributed by atoms with E-state index in [1.807, 2.05) is 37.3 Å². The van der Waals surface area contributed by atoms with Crippen molar-refractivity contribution >= 4 is 11.9 Å². The molecule has 0 heterocycles. The minimum absolute atomic E-state index is 0.0135. The Hall–Kier alpha value is -2.62. The molecular weight excluding hydrogens is 280 g/mol. The lowest BCUT2D eigenvalue weighted by Crippen LogP contribution is -2.25. The Morgan fingerprint density at radius 1 is 1.00 bits per heavy atom. The number of esters is 1. The summed E-state index contributed by atoms with van der Waals surface area (Å²) < 4.78 is 5.52. The Morgan fingerprint density at radius 2 is 1.59 bits per heavy atom. The fourth-order valence-corrected chi connectivity index (χ4v) is 2.26. The molecule has 4 heteroatoms. The van der Waals surface area contributed by atoms with Crippen molar-refractivity contribution < 1.29 is 19.4 Å². The number of ether oxygens (including phenoxy) is 1. The molecule has 0 aliphatic carbocycles. The van der Waals surface area contributed by atoms with Gasteiger partial charge in [-0.2, -0.15) is 0 Å². The molecule has 2 aromatic carbocycles. The maximum absolute atomic E-state index is 12.3. The van der Waals surface area contributed by atoms with E-state index in [9.17, 15) is 14.7 Å². The minimum atomic E-state index is -1.39. The smallest absolute Gasteiger partial charge is 0.339 e. The normalized spacial score (nSPS) is 11.7. The lowest BCUT2D eigenvalue weighted by Gasteiger charge is -2.19. The van der Waals surface area contributed by atoms with Crippen LogP contribution in [-0.2, 0) is 4.74 Å². The average Bonchev–Trinajstić information content (AvgIpc) is 2.55. The van der Waals surface area contributed by atoms with Gasteiger partial charge in [-0.25, -0.2) is 4.79 Å². The van der Waals surface area contributed by atoms with Crippen LogP contribution >= 0.6 is 0 Å². The van der Waals surface area contributed by atoms with E-state index in [2.05, 4.69) is 0 Å². The van der Waals surface area contributed by atoms with Gasteiger partial charge in [0, 0.05) is 5.56 Å². The van der Waals surface area contributed by atoms with Gasteiger partial charge in [-0.1, -0.05) is 61.9 Å². The second-order valence-corrected chi connectivity index (χ2v) is 4.93. The van der Waals surface area contributed by atoms with E-state index in [1.165, 1.54) is 12.1 Å². The molecule has 0 aliphatic heterocycles. The molecule has 0 aliphatic rings. The molecule has 0 spiro atoms. The molecule has 1 atom stereocenters. The summed E-state index contributed by atoms with van der Waals surface area (Å²) in [4.78, 5) is 23.4. The van der Waals surface area contributed by atoms with Gasteiger partial charge in [0.15, 0.2) is 0 Å². The Morgan fingerprint density at radius 3 is 2.18 bits per heavy atom. The first-order valence-corrected chi connectivity index (χ1v) is 7.19. The minimum Gasteiger partial charge on any atom is -0.545 e. The standard InChI is InChI=1S/C18H18O4/c1-2-8-16(13-9-4-3-5-10-13)22-18(21)15-12-7-6-11-14(15)17(19)20/h3-7,9-12,16H,2,8H2,1H3,(H,19,20)/p-1/t16-/m1/s1. The number of carboxylic acid groups (broad SMARTS) is 1. The summed E-state index contributed by atoms with van der Waals surface area (Å²) in [5.41, 5.74) is 0.749. The third kappa shape index (κ3) is 3.73. The van der Waals surface area contributed by atoms with Crippen molar-refractivity contribution in [2.45, 2.75) is 25.9 Å². The summed E-state index contributed by atoms with van der Waals surface area (Å²) in [6.45, 7) is 2.00. The number of carboxylic acids is 1. The highest BCUT2D eigenvalue weighted by atomic mass is 16.5. The maximum Gasteiger partial charge on any atom is 0.339 e. The molecule has 114 valence electrons. The summed E-state index contributed by atoms with van der Waals surface area (Å²) in [6, 6.07) is 15.3. The van der Waals surface area contributed by atoms with Crippen molar-refractivity contribution in [2.24, 2.45) is 0 Å². The van der Waals surface area contributed by atoms with E-state index < -0.39 is 18.0 Å². The van der Waals surface area contributed by atoms with Crippen molar-refractivity contribution in [2.75, 3.05) is 0 Å². The second kappa shape index (κ2) is 7.41. The fraction of sp³-hybridized carbons (Fsp3) is 0.222. The lowest BCUT2D eigenvalue weighted by molar-refractivity contribution is -0.255. The predicted octanol–water partition coefficient (Wildman–Crippen LogP) is 2.75. The van der Waals surface area contributed by atoms with Crippen LogP contribution in [0.25, 0.3) is 0 Å². The summed E-state index contributed by atoms with van der Waals surface area (Å²) in [5.74, 6) is -2.04. The molecule has 22 heavy (non-hydrogen) atoms. The van der Waals surface area contributed by atoms with Crippen LogP contribution < -0.4 is 5.11 Å². The van der Waals surface area contributed by atoms with Crippen LogP contribution in [0.15, 0.2) is 54.6 Å². The SMILES string of the molecule is CCC[C@@H](OC(=O)c1ccccc1C(=O)[O-])c1ccccc1. The second-order valence-electron chi connectivity index (χ2n) is 4.93. The number of hydrogen-bond donors (Lipinski definition) is 0. The first kappa shape index (κ1) is 15.8. The van der Waals surface area contributed by atoms with Gasteiger partial charge in [0.2, 0.25) is 0 Å². The Balaban J connectivity index is 2.24. The van der Waals surface area contributed by atoms with Crippen LogP contribution in [-0.4, -0.2) is 11.9 Å². The molecule has 0 fully saturated rings. The van der Waals surface area contributed by atoms with Gasteiger partial charge < -0.3 is 14.6 Å². The highest BCUT2D eigenvalue weighted by molar-refractivity contribution is 6.01. The number of hydrogen-bond acceptors (Lipinski definition) is 4. The topological polar surface area (TPSA) is 66.4 Å². The number of carbonyl (C=O) groups is 2. The van der Waals surface area contributed by atoms with Gasteiger partial charge in [-0.3, -0.25) is 0 Å². The van der Waals surface area contributed by atoms with E-state index in [1.54, 1.807) is 12.1 Å². The third-order valence-corrected chi connectivity index (χ3v) is 3.34. The number of rotatable bonds is 6. The van der Waals surface area contributed by atoms with Gasteiger partial charge in [0.05, 0.1) is 11.5 Å². The van der Waals surface area contributed by atoms with Gasteiger partial charge in [-0.05, 0) is 18.1 Å². The Kier molecular flexibility index (Phi) is 5.31. The van der Waals surface area contributed by atoms with Crippen molar-refractivity contribution in [3.05, 3.63) is 71.3 Å². The monoisotopic (exact) mass is 297 g/mol. The molecule has 0 bridgehead atoms. The highest BCUT2D eigenvalue weighted by Crippen LogP contribution is 2.24. The van der Waals surface area contributed by atoms with Crippen LogP contribution in [0.4, 0.5) is 0 Å². The van der Waals surface area contributed by atoms with Crippen LogP contribution in [0, 0.1) is 0 Å². The highest BCUT2D eigenvalue weighted by Gasteiger charge is 2.19. The summed E-state index contributed by atoms with van der Waals surface area (Å²) >= 11 is 0. The molecule has 0 radical (unpaired) electrons. The van der Waals surface area contributed by atoms with Crippen LogP contribution in [0.2, 0.25) is 0 Å². The van der Waals surface area contributed by atoms with Crippen LogP contribution in [0.3, 0.4) is 0 Å². The molecule has 0 saturated carbocycles. The van der Waals surface area contributed by atoms with Gasteiger partial charge in [-0.15, -0.1) is 0 Å². The first-order valence-electron chi connectivity index (χ1n) is 7.19. The van der Waals surface area contributed by atoms with E-state index in [4.69, 9.17) is 4.74 Å². The quantitative estimate of drug-likeness (QED) is 0.769. The van der Waals surface area contributed by atoms with E-state index in [-0.39, 0.29) is 11.1 Å². The summed E-state index contributed by atoms with van der Waals surface area (Å²) in [5, 5.41) is 11.1. The van der Waals surface area contributed by atoms with Gasteiger partial charge in [0.1, 0.15) is 6.10 Å². The molecule has 0 N–H and O–H groups in total. The van der Waals surface area contributed by atoms with E-state index >= 15 is 0 Å². The predicted molar refractivity (Wildman–Crippen MR) is 80.3 cm³/mol. The Labute approximate surface area is 129 Å². The van der Waals surface area contributed by atoms with E-state index in [0.717, 1.165) is 12.0 Å². The molecule has 0 unspecified atom stereocenters. The maximum atomic E-state index is 12.3. The van der Waals surface area contributed by atoms with Crippen LogP contribution in [0.1, 0.15) is 52.1 Å². The number of carbonyl (C=O) groups excluding carboxylic acids is 2. The number of benzene rings is 2. The van der Waals surface area contributed by atoms with Crippen molar-refractivity contribution in [3.8, 4) is 0 Å². The van der Waals surface area contributed by atoms with Gasteiger partial charge >= 0.3 is 5.97 Å². The number of aromatic carboxylic acids is 1. The zero-order valence-corrected chi connectivity index (χ0v) is 12.3. The summed E-state index contributed by atoms with van der Waals surface area (Å²) in [6.07, 6.45) is 1.12. The van der Waals surface area contributed by atoms with Crippen molar-refractivity contribution in [1.82, 2.24) is 0 Å². The zero-order chi connectivity index (χ0) is 15.9. The zero-order valence-electron chi connectivity index (χ0n) is 12.3. The fourth-order valence-electron chi connectivity index (χ4n) is 2.26. The average molecular weight is 297 g/mol. The molecule has 0 amide bonds. The summed E-state index contributed by atoms with van der Waals surface area (Å²) in [7, 11) is 0. The molecule has 0 saturated heterocycles. The van der Waals surface area contributed by atoms with Crippen molar-refractivity contribution in [1.29, 1.82) is 0 Å². The van der Waals surface area contributed by atoms with Gasteiger partial charge in [0.25, 0.3) is 0 Å². The first-order chi connectivity index (χ1) is 10.6. The molecule has 0 aromatic heterocycles. The molecule has 2 rings (SSSR count). The Bertz CT molecular complexity index is 649. The molecule has 4 nitrogen and oxygen atoms in total. The molecule has 2 aromatic rings. The largest absolute Gasteiger partial charge is 0.545 e. The molecular formula is C18H17O4-.